The number of hydrogen-bond acceptors (Lipinski definition) is 3. The molecule has 2 rings (SSSR count). The molecule has 0 amide bonds. The zero-order valence-electron chi connectivity index (χ0n) is 12.3. The van der Waals surface area contributed by atoms with E-state index in [2.05, 4.69) is 0 Å². The summed E-state index contributed by atoms with van der Waals surface area (Å²) in [5, 5.41) is 9.29. The van der Waals surface area contributed by atoms with Crippen LogP contribution in [-0.2, 0) is 11.2 Å². The Labute approximate surface area is 119 Å². The molecule has 0 saturated heterocycles. The number of aliphatic carboxylic acids is 1. The van der Waals surface area contributed by atoms with E-state index < -0.39 is 11.4 Å². The molecule has 0 bridgehead atoms. The van der Waals surface area contributed by atoms with Crippen molar-refractivity contribution in [2.24, 2.45) is 5.41 Å². The van der Waals surface area contributed by atoms with Crippen molar-refractivity contribution < 1.29 is 19.4 Å². The minimum atomic E-state index is -0.829. The summed E-state index contributed by atoms with van der Waals surface area (Å²) in [6, 6.07) is 5.65. The number of ether oxygens (including phenoxy) is 2. The fraction of sp³-hybridized carbons (Fsp3) is 0.562. The first-order chi connectivity index (χ1) is 9.44. The van der Waals surface area contributed by atoms with Crippen LogP contribution in [0.25, 0.3) is 0 Å². The topological polar surface area (TPSA) is 55.8 Å². The summed E-state index contributed by atoms with van der Waals surface area (Å²) in [7, 11) is 1.61. The number of rotatable bonds is 6. The highest BCUT2D eigenvalue weighted by Crippen LogP contribution is 2.38. The van der Waals surface area contributed by atoms with Crippen molar-refractivity contribution in [1.82, 2.24) is 0 Å². The van der Waals surface area contributed by atoms with Crippen LogP contribution in [0.5, 0.6) is 11.5 Å². The molecular weight excluding hydrogens is 256 g/mol. The van der Waals surface area contributed by atoms with Gasteiger partial charge in [-0.3, -0.25) is 4.79 Å². The Bertz CT molecular complexity index is 489. The average Bonchev–Trinajstić information content (AvgIpc) is 2.34. The van der Waals surface area contributed by atoms with Gasteiger partial charge < -0.3 is 14.6 Å². The molecular formula is C16H22O4. The second-order valence-corrected chi connectivity index (χ2v) is 5.99. The molecule has 0 aromatic heterocycles. The van der Waals surface area contributed by atoms with E-state index in [0.717, 1.165) is 18.4 Å². The SMILES string of the molecule is COc1cccc(CC(C)(C)C(=O)O)c1OC1CCC1. The Kier molecular flexibility index (Phi) is 4.21. The number of carbonyl (C=O) groups is 1. The monoisotopic (exact) mass is 278 g/mol. The van der Waals surface area contributed by atoms with E-state index in [4.69, 9.17) is 9.47 Å². The molecule has 0 atom stereocenters. The molecule has 110 valence electrons. The minimum Gasteiger partial charge on any atom is -0.493 e. The molecule has 20 heavy (non-hydrogen) atoms. The fourth-order valence-electron chi connectivity index (χ4n) is 2.20. The smallest absolute Gasteiger partial charge is 0.309 e. The Balaban J connectivity index is 2.28. The molecule has 0 unspecified atom stereocenters. The van der Waals surface area contributed by atoms with Gasteiger partial charge in [0.25, 0.3) is 0 Å². The van der Waals surface area contributed by atoms with Crippen LogP contribution in [0.15, 0.2) is 18.2 Å². The molecule has 1 fully saturated rings. The third kappa shape index (κ3) is 3.06. The highest BCUT2D eigenvalue weighted by atomic mass is 16.5. The zero-order valence-corrected chi connectivity index (χ0v) is 12.3. The molecule has 1 aliphatic rings. The van der Waals surface area contributed by atoms with E-state index in [0.29, 0.717) is 17.9 Å². The van der Waals surface area contributed by atoms with Crippen molar-refractivity contribution in [1.29, 1.82) is 0 Å². The molecule has 0 radical (unpaired) electrons. The van der Waals surface area contributed by atoms with Gasteiger partial charge in [0.05, 0.1) is 18.6 Å². The van der Waals surface area contributed by atoms with Gasteiger partial charge in [-0.25, -0.2) is 0 Å². The Morgan fingerprint density at radius 2 is 2.10 bits per heavy atom. The van der Waals surface area contributed by atoms with Crippen LogP contribution in [0.1, 0.15) is 38.7 Å². The van der Waals surface area contributed by atoms with E-state index in [1.165, 1.54) is 6.42 Å². The molecule has 1 saturated carbocycles. The molecule has 1 aromatic carbocycles. The molecule has 0 aliphatic heterocycles. The quantitative estimate of drug-likeness (QED) is 0.867. The minimum absolute atomic E-state index is 0.234. The van der Waals surface area contributed by atoms with Crippen LogP contribution < -0.4 is 9.47 Å². The number of carboxylic acid groups (broad SMARTS) is 1. The Morgan fingerprint density at radius 1 is 1.40 bits per heavy atom. The normalized spacial score (nSPS) is 15.6. The van der Waals surface area contributed by atoms with Gasteiger partial charge in [0, 0.05) is 0 Å². The van der Waals surface area contributed by atoms with Gasteiger partial charge in [-0.2, -0.15) is 0 Å². The lowest BCUT2D eigenvalue weighted by Crippen LogP contribution is -2.28. The second-order valence-electron chi connectivity index (χ2n) is 5.99. The summed E-state index contributed by atoms with van der Waals surface area (Å²) in [4.78, 5) is 11.3. The van der Waals surface area contributed by atoms with Crippen molar-refractivity contribution in [3.63, 3.8) is 0 Å². The summed E-state index contributed by atoms with van der Waals surface area (Å²) in [5.74, 6) is 0.569. The van der Waals surface area contributed by atoms with Gasteiger partial charge in [-0.1, -0.05) is 12.1 Å². The summed E-state index contributed by atoms with van der Waals surface area (Å²) in [6.07, 6.45) is 3.95. The molecule has 0 spiro atoms. The number of carboxylic acids is 1. The highest BCUT2D eigenvalue weighted by Gasteiger charge is 2.30. The first kappa shape index (κ1) is 14.7. The average molecular weight is 278 g/mol. The van der Waals surface area contributed by atoms with Crippen LogP contribution in [0, 0.1) is 5.41 Å². The summed E-state index contributed by atoms with van der Waals surface area (Å²) >= 11 is 0. The first-order valence-electron chi connectivity index (χ1n) is 7.00. The molecule has 0 heterocycles. The van der Waals surface area contributed by atoms with Crippen molar-refractivity contribution in [3.05, 3.63) is 23.8 Å². The van der Waals surface area contributed by atoms with Crippen LogP contribution in [-0.4, -0.2) is 24.3 Å². The molecule has 1 N–H and O–H groups in total. The van der Waals surface area contributed by atoms with Crippen molar-refractivity contribution in [2.45, 2.75) is 45.6 Å². The second kappa shape index (κ2) is 5.73. The third-order valence-corrected chi connectivity index (χ3v) is 3.83. The lowest BCUT2D eigenvalue weighted by Gasteiger charge is -2.29. The maximum atomic E-state index is 11.3. The third-order valence-electron chi connectivity index (χ3n) is 3.83. The fourth-order valence-corrected chi connectivity index (χ4v) is 2.20. The van der Waals surface area contributed by atoms with Crippen molar-refractivity contribution >= 4 is 5.97 Å². The van der Waals surface area contributed by atoms with Crippen LogP contribution in [0.4, 0.5) is 0 Å². The first-order valence-corrected chi connectivity index (χ1v) is 7.00. The number of hydrogen-bond donors (Lipinski definition) is 1. The van der Waals surface area contributed by atoms with Gasteiger partial charge in [0.2, 0.25) is 0 Å². The highest BCUT2D eigenvalue weighted by molar-refractivity contribution is 5.74. The molecule has 4 heteroatoms. The van der Waals surface area contributed by atoms with E-state index in [9.17, 15) is 9.90 Å². The van der Waals surface area contributed by atoms with E-state index in [1.807, 2.05) is 18.2 Å². The predicted molar refractivity (Wildman–Crippen MR) is 76.4 cm³/mol. The summed E-state index contributed by atoms with van der Waals surface area (Å²) < 4.78 is 11.4. The maximum absolute atomic E-state index is 11.3. The van der Waals surface area contributed by atoms with E-state index >= 15 is 0 Å². The van der Waals surface area contributed by atoms with Gasteiger partial charge in [-0.05, 0) is 51.2 Å². The van der Waals surface area contributed by atoms with Crippen LogP contribution >= 0.6 is 0 Å². The molecule has 4 nitrogen and oxygen atoms in total. The Morgan fingerprint density at radius 3 is 2.60 bits per heavy atom. The Hall–Kier alpha value is -1.71. The van der Waals surface area contributed by atoms with Gasteiger partial charge in [-0.15, -0.1) is 0 Å². The van der Waals surface area contributed by atoms with Gasteiger partial charge in [0.15, 0.2) is 11.5 Å². The van der Waals surface area contributed by atoms with Crippen LogP contribution in [0.2, 0.25) is 0 Å². The van der Waals surface area contributed by atoms with Gasteiger partial charge >= 0.3 is 5.97 Å². The molecule has 1 aromatic rings. The largest absolute Gasteiger partial charge is 0.493 e. The maximum Gasteiger partial charge on any atom is 0.309 e. The van der Waals surface area contributed by atoms with Gasteiger partial charge in [0.1, 0.15) is 0 Å². The number of methoxy groups -OCH3 is 1. The summed E-state index contributed by atoms with van der Waals surface area (Å²) in [5.41, 5.74) is 0.0630. The lowest BCUT2D eigenvalue weighted by molar-refractivity contribution is -0.146. The predicted octanol–water partition coefficient (Wildman–Crippen LogP) is 3.28. The van der Waals surface area contributed by atoms with Crippen molar-refractivity contribution in [3.8, 4) is 11.5 Å². The van der Waals surface area contributed by atoms with E-state index in [1.54, 1.807) is 21.0 Å². The molecule has 1 aliphatic carbocycles. The zero-order chi connectivity index (χ0) is 14.8. The summed E-state index contributed by atoms with van der Waals surface area (Å²) in [6.45, 7) is 3.45. The van der Waals surface area contributed by atoms with E-state index in [-0.39, 0.29) is 6.10 Å². The number of benzene rings is 1. The van der Waals surface area contributed by atoms with Crippen LogP contribution in [0.3, 0.4) is 0 Å². The number of para-hydroxylation sites is 1. The van der Waals surface area contributed by atoms with Crippen molar-refractivity contribution in [2.75, 3.05) is 7.11 Å². The standard InChI is InChI=1S/C16H22O4/c1-16(2,15(17)18)10-11-6-4-9-13(19-3)14(11)20-12-7-5-8-12/h4,6,9,12H,5,7-8,10H2,1-3H3,(H,17,18). The lowest BCUT2D eigenvalue weighted by atomic mass is 9.85.